The van der Waals surface area contributed by atoms with Gasteiger partial charge in [-0.15, -0.1) is 0 Å². The predicted octanol–water partition coefficient (Wildman–Crippen LogP) is 3.78. The van der Waals surface area contributed by atoms with E-state index in [1.807, 2.05) is 42.5 Å². The zero-order valence-corrected chi connectivity index (χ0v) is 11.0. The summed E-state index contributed by atoms with van der Waals surface area (Å²) in [6, 6.07) is 15.2. The fourth-order valence-corrected chi connectivity index (χ4v) is 2.56. The summed E-state index contributed by atoms with van der Waals surface area (Å²) in [4.78, 5) is 1.71. The van der Waals surface area contributed by atoms with Gasteiger partial charge in [-0.1, -0.05) is 30.3 Å². The van der Waals surface area contributed by atoms with Gasteiger partial charge in [-0.25, -0.2) is 8.78 Å². The van der Waals surface area contributed by atoms with Crippen LogP contribution in [0.3, 0.4) is 0 Å². The summed E-state index contributed by atoms with van der Waals surface area (Å²) in [6.45, 7) is 0.163. The zero-order valence-electron chi connectivity index (χ0n) is 11.0. The van der Waals surface area contributed by atoms with Gasteiger partial charge in [0.15, 0.2) is 0 Å². The number of nitrogens with two attached hydrogens (primary N) is 1. The Bertz CT molecular complexity index is 611. The quantitative estimate of drug-likeness (QED) is 0.844. The minimum absolute atomic E-state index is 0.0853. The fraction of sp³-hybridized carbons (Fsp3) is 0.250. The molecule has 0 unspecified atom stereocenters. The number of alkyl halides is 2. The predicted molar refractivity (Wildman–Crippen MR) is 78.1 cm³/mol. The number of halogens is 2. The minimum Gasteiger partial charge on any atom is -0.398 e. The molecule has 0 bridgehead atoms. The molecular weight excluding hydrogens is 258 g/mol. The van der Waals surface area contributed by atoms with Crippen molar-refractivity contribution >= 4 is 11.4 Å². The molecule has 20 heavy (non-hydrogen) atoms. The molecule has 104 valence electrons. The van der Waals surface area contributed by atoms with Crippen LogP contribution < -0.4 is 10.6 Å². The Morgan fingerprint density at radius 3 is 2.45 bits per heavy atom. The summed E-state index contributed by atoms with van der Waals surface area (Å²) in [5, 5.41) is 0. The molecular formula is C16H16F2N2. The summed E-state index contributed by atoms with van der Waals surface area (Å²) in [7, 11) is 0. The first-order valence-electron chi connectivity index (χ1n) is 6.63. The topological polar surface area (TPSA) is 29.3 Å². The van der Waals surface area contributed by atoms with Crippen molar-refractivity contribution in [2.24, 2.45) is 0 Å². The first-order chi connectivity index (χ1) is 9.55. The Morgan fingerprint density at radius 1 is 1.05 bits per heavy atom. The maximum absolute atomic E-state index is 13.3. The summed E-state index contributed by atoms with van der Waals surface area (Å²) in [5.74, 6) is -2.59. The molecule has 1 fully saturated rings. The summed E-state index contributed by atoms with van der Waals surface area (Å²) >= 11 is 0. The normalized spacial score (nSPS) is 17.4. The van der Waals surface area contributed by atoms with Gasteiger partial charge in [-0.2, -0.15) is 0 Å². The lowest BCUT2D eigenvalue weighted by molar-refractivity contribution is 0.0257. The summed E-state index contributed by atoms with van der Waals surface area (Å²) < 4.78 is 26.6. The average Bonchev–Trinajstić information content (AvgIpc) is 2.81. The standard InChI is InChI=1S/C16H16F2N2/c17-16(18)8-9-20(11-16)13-6-7-15(19)14(10-13)12-4-2-1-3-5-12/h1-7,10H,8-9,11,19H2. The van der Waals surface area contributed by atoms with Crippen molar-refractivity contribution in [3.05, 3.63) is 48.5 Å². The highest BCUT2D eigenvalue weighted by molar-refractivity contribution is 5.80. The van der Waals surface area contributed by atoms with E-state index in [1.54, 1.807) is 11.0 Å². The molecule has 1 heterocycles. The lowest BCUT2D eigenvalue weighted by Crippen LogP contribution is -2.24. The maximum atomic E-state index is 13.3. The van der Waals surface area contributed by atoms with Gasteiger partial charge < -0.3 is 10.6 Å². The molecule has 0 aromatic heterocycles. The van der Waals surface area contributed by atoms with Crippen LogP contribution in [0.1, 0.15) is 6.42 Å². The van der Waals surface area contributed by atoms with E-state index in [2.05, 4.69) is 0 Å². The van der Waals surface area contributed by atoms with Crippen LogP contribution >= 0.6 is 0 Å². The third-order valence-electron chi connectivity index (χ3n) is 3.66. The van der Waals surface area contributed by atoms with Gasteiger partial charge in [0.1, 0.15) is 0 Å². The molecule has 0 saturated carbocycles. The van der Waals surface area contributed by atoms with E-state index in [9.17, 15) is 8.78 Å². The second-order valence-electron chi connectivity index (χ2n) is 5.17. The van der Waals surface area contributed by atoms with E-state index >= 15 is 0 Å². The Labute approximate surface area is 116 Å². The van der Waals surface area contributed by atoms with Crippen molar-refractivity contribution in [3.63, 3.8) is 0 Å². The van der Waals surface area contributed by atoms with Crippen LogP contribution in [0.4, 0.5) is 20.2 Å². The molecule has 3 rings (SSSR count). The smallest absolute Gasteiger partial charge is 0.266 e. The molecule has 2 N–H and O–H groups in total. The van der Waals surface area contributed by atoms with Crippen LogP contribution in [-0.2, 0) is 0 Å². The van der Waals surface area contributed by atoms with Crippen LogP contribution in [0, 0.1) is 0 Å². The third-order valence-corrected chi connectivity index (χ3v) is 3.66. The van der Waals surface area contributed by atoms with Crippen molar-refractivity contribution in [3.8, 4) is 11.1 Å². The number of hydrogen-bond acceptors (Lipinski definition) is 2. The SMILES string of the molecule is Nc1ccc(N2CCC(F)(F)C2)cc1-c1ccccc1. The Morgan fingerprint density at radius 2 is 1.80 bits per heavy atom. The van der Waals surface area contributed by atoms with E-state index in [0.717, 1.165) is 16.8 Å². The highest BCUT2D eigenvalue weighted by Gasteiger charge is 2.38. The average molecular weight is 274 g/mol. The molecule has 1 aliphatic heterocycles. The van der Waals surface area contributed by atoms with Gasteiger partial charge in [0.05, 0.1) is 6.54 Å². The van der Waals surface area contributed by atoms with Crippen molar-refractivity contribution in [1.29, 1.82) is 0 Å². The fourth-order valence-electron chi connectivity index (χ4n) is 2.56. The molecule has 2 aromatic rings. The first kappa shape index (κ1) is 12.9. The molecule has 1 saturated heterocycles. The maximum Gasteiger partial charge on any atom is 0.266 e. The zero-order chi connectivity index (χ0) is 14.2. The number of hydrogen-bond donors (Lipinski definition) is 1. The van der Waals surface area contributed by atoms with Crippen LogP contribution in [0.15, 0.2) is 48.5 Å². The van der Waals surface area contributed by atoms with Crippen molar-refractivity contribution in [2.45, 2.75) is 12.3 Å². The molecule has 0 aliphatic carbocycles. The molecule has 2 nitrogen and oxygen atoms in total. The Balaban J connectivity index is 1.96. The number of nitrogen functional groups attached to an aromatic ring is 1. The van der Waals surface area contributed by atoms with Crippen LogP contribution in [0.2, 0.25) is 0 Å². The number of benzene rings is 2. The first-order valence-corrected chi connectivity index (χ1v) is 6.63. The molecule has 0 atom stereocenters. The van der Waals surface area contributed by atoms with E-state index in [4.69, 9.17) is 5.73 Å². The minimum atomic E-state index is -2.59. The molecule has 0 amide bonds. The van der Waals surface area contributed by atoms with E-state index in [1.165, 1.54) is 0 Å². The van der Waals surface area contributed by atoms with Gasteiger partial charge in [-0.3, -0.25) is 0 Å². The van der Waals surface area contributed by atoms with Crippen molar-refractivity contribution in [1.82, 2.24) is 0 Å². The van der Waals surface area contributed by atoms with E-state index in [0.29, 0.717) is 12.2 Å². The molecule has 1 aliphatic rings. The second-order valence-corrected chi connectivity index (χ2v) is 5.17. The molecule has 4 heteroatoms. The van der Waals surface area contributed by atoms with Crippen LogP contribution in [0.25, 0.3) is 11.1 Å². The van der Waals surface area contributed by atoms with Gasteiger partial charge >= 0.3 is 0 Å². The van der Waals surface area contributed by atoms with Gasteiger partial charge in [0.25, 0.3) is 5.92 Å². The Hall–Kier alpha value is -2.10. The Kier molecular flexibility index (Phi) is 3.08. The monoisotopic (exact) mass is 274 g/mol. The molecule has 0 radical (unpaired) electrons. The summed E-state index contributed by atoms with van der Waals surface area (Å²) in [5.41, 5.74) is 9.35. The van der Waals surface area contributed by atoms with Gasteiger partial charge in [0.2, 0.25) is 0 Å². The molecule has 0 spiro atoms. The van der Waals surface area contributed by atoms with E-state index < -0.39 is 5.92 Å². The van der Waals surface area contributed by atoms with Crippen molar-refractivity contribution < 1.29 is 8.78 Å². The largest absolute Gasteiger partial charge is 0.398 e. The van der Waals surface area contributed by atoms with Gasteiger partial charge in [-0.05, 0) is 23.8 Å². The highest BCUT2D eigenvalue weighted by atomic mass is 19.3. The van der Waals surface area contributed by atoms with Crippen LogP contribution in [-0.4, -0.2) is 19.0 Å². The highest BCUT2D eigenvalue weighted by Crippen LogP contribution is 2.35. The van der Waals surface area contributed by atoms with E-state index in [-0.39, 0.29) is 13.0 Å². The second kappa shape index (κ2) is 4.78. The molecule has 2 aromatic carbocycles. The number of nitrogens with zero attached hydrogens (tertiary/aromatic N) is 1. The van der Waals surface area contributed by atoms with Gasteiger partial charge in [0, 0.05) is 29.9 Å². The lowest BCUT2D eigenvalue weighted by Gasteiger charge is -2.20. The van der Waals surface area contributed by atoms with Crippen molar-refractivity contribution in [2.75, 3.05) is 23.7 Å². The number of rotatable bonds is 2. The van der Waals surface area contributed by atoms with Crippen LogP contribution in [0.5, 0.6) is 0 Å². The summed E-state index contributed by atoms with van der Waals surface area (Å²) in [6.07, 6.45) is -0.0853. The lowest BCUT2D eigenvalue weighted by atomic mass is 10.0. The number of anilines is 2. The third kappa shape index (κ3) is 2.46.